The zero-order chi connectivity index (χ0) is 17.3. The number of aryl methyl sites for hydroxylation is 1. The van der Waals surface area contributed by atoms with Crippen molar-refractivity contribution in [3.63, 3.8) is 0 Å². The van der Waals surface area contributed by atoms with Crippen molar-refractivity contribution in [1.82, 2.24) is 9.97 Å². The molecule has 3 aromatic rings. The van der Waals surface area contributed by atoms with Gasteiger partial charge in [-0.3, -0.25) is 0 Å². The van der Waals surface area contributed by atoms with E-state index in [1.807, 2.05) is 0 Å². The summed E-state index contributed by atoms with van der Waals surface area (Å²) in [6.07, 6.45) is 2.27. The van der Waals surface area contributed by atoms with Crippen LogP contribution in [0.4, 0.5) is 5.82 Å². The SMILES string of the molecule is CCCCN(C)c1nc(Cl)nc2sc(C)c(-c3ccc(Br)cc3)c12. The second-order valence-corrected chi connectivity index (χ2v) is 8.27. The van der Waals surface area contributed by atoms with Crippen LogP contribution in [0.1, 0.15) is 24.6 Å². The number of unbranched alkanes of at least 4 members (excludes halogenated alkanes) is 1. The van der Waals surface area contributed by atoms with Crippen molar-refractivity contribution in [3.8, 4) is 11.1 Å². The molecule has 24 heavy (non-hydrogen) atoms. The van der Waals surface area contributed by atoms with Crippen molar-refractivity contribution in [2.45, 2.75) is 26.7 Å². The van der Waals surface area contributed by atoms with Crippen molar-refractivity contribution < 1.29 is 0 Å². The number of nitrogens with zero attached hydrogens (tertiary/aromatic N) is 3. The first-order valence-electron chi connectivity index (χ1n) is 7.95. The minimum atomic E-state index is 0.310. The van der Waals surface area contributed by atoms with Gasteiger partial charge in [-0.15, -0.1) is 11.3 Å². The third kappa shape index (κ3) is 3.44. The number of thiophene rings is 1. The smallest absolute Gasteiger partial charge is 0.225 e. The van der Waals surface area contributed by atoms with Crippen LogP contribution in [-0.2, 0) is 0 Å². The van der Waals surface area contributed by atoms with Gasteiger partial charge in [-0.1, -0.05) is 41.4 Å². The van der Waals surface area contributed by atoms with Gasteiger partial charge in [0.05, 0.1) is 5.39 Å². The highest BCUT2D eigenvalue weighted by atomic mass is 79.9. The Hall–Kier alpha value is -1.17. The molecule has 0 unspecified atom stereocenters. The lowest BCUT2D eigenvalue weighted by molar-refractivity contribution is 0.761. The molecule has 2 aromatic heterocycles. The fraction of sp³-hybridized carbons (Fsp3) is 0.333. The molecule has 0 fully saturated rings. The fourth-order valence-electron chi connectivity index (χ4n) is 2.81. The summed E-state index contributed by atoms with van der Waals surface area (Å²) in [6.45, 7) is 5.28. The summed E-state index contributed by atoms with van der Waals surface area (Å²) in [5.41, 5.74) is 2.38. The lowest BCUT2D eigenvalue weighted by Crippen LogP contribution is -2.20. The van der Waals surface area contributed by atoms with Crippen LogP contribution in [0, 0.1) is 6.92 Å². The van der Waals surface area contributed by atoms with Crippen LogP contribution >= 0.6 is 38.9 Å². The Morgan fingerprint density at radius 2 is 1.92 bits per heavy atom. The summed E-state index contributed by atoms with van der Waals surface area (Å²) in [4.78, 5) is 13.4. The molecule has 0 spiro atoms. The third-order valence-electron chi connectivity index (χ3n) is 4.02. The predicted octanol–water partition coefficient (Wildman–Crippen LogP) is 6.32. The Labute approximate surface area is 159 Å². The first-order valence-corrected chi connectivity index (χ1v) is 9.93. The van der Waals surface area contributed by atoms with Crippen LogP contribution in [0.15, 0.2) is 28.7 Å². The van der Waals surface area contributed by atoms with E-state index in [1.54, 1.807) is 11.3 Å². The van der Waals surface area contributed by atoms with Gasteiger partial charge in [0.2, 0.25) is 5.28 Å². The van der Waals surface area contributed by atoms with E-state index in [2.05, 4.69) is 76.0 Å². The zero-order valence-corrected chi connectivity index (χ0v) is 17.1. The van der Waals surface area contributed by atoms with Crippen LogP contribution in [0.3, 0.4) is 0 Å². The van der Waals surface area contributed by atoms with Crippen molar-refractivity contribution in [3.05, 3.63) is 38.9 Å². The molecular weight excluding hydrogens is 406 g/mol. The third-order valence-corrected chi connectivity index (χ3v) is 5.72. The molecule has 2 heterocycles. The van der Waals surface area contributed by atoms with Gasteiger partial charge in [-0.2, -0.15) is 4.98 Å². The summed E-state index contributed by atoms with van der Waals surface area (Å²) in [5, 5.41) is 1.41. The van der Waals surface area contributed by atoms with Gasteiger partial charge in [0.15, 0.2) is 0 Å². The van der Waals surface area contributed by atoms with E-state index < -0.39 is 0 Å². The Balaban J connectivity index is 2.22. The van der Waals surface area contributed by atoms with Gasteiger partial charge in [-0.25, -0.2) is 4.98 Å². The topological polar surface area (TPSA) is 29.0 Å². The number of halogens is 2. The highest BCUT2D eigenvalue weighted by Gasteiger charge is 2.20. The number of benzene rings is 1. The average molecular weight is 425 g/mol. The number of rotatable bonds is 5. The molecule has 0 amide bonds. The van der Waals surface area contributed by atoms with Crippen LogP contribution in [0.25, 0.3) is 21.3 Å². The molecule has 0 atom stereocenters. The lowest BCUT2D eigenvalue weighted by Gasteiger charge is -2.19. The van der Waals surface area contributed by atoms with E-state index in [0.29, 0.717) is 5.28 Å². The van der Waals surface area contributed by atoms with Crippen molar-refractivity contribution in [2.75, 3.05) is 18.5 Å². The summed E-state index contributed by atoms with van der Waals surface area (Å²) in [5.74, 6) is 0.917. The quantitative estimate of drug-likeness (QED) is 0.449. The number of anilines is 1. The number of hydrogen-bond acceptors (Lipinski definition) is 4. The zero-order valence-electron chi connectivity index (χ0n) is 13.9. The molecule has 0 aliphatic rings. The van der Waals surface area contributed by atoms with Crippen LogP contribution in [0.5, 0.6) is 0 Å². The Morgan fingerprint density at radius 1 is 1.21 bits per heavy atom. The molecule has 126 valence electrons. The largest absolute Gasteiger partial charge is 0.359 e. The first kappa shape index (κ1) is 17.6. The normalized spacial score (nSPS) is 11.2. The highest BCUT2D eigenvalue weighted by molar-refractivity contribution is 9.10. The molecular formula is C18H19BrClN3S. The summed E-state index contributed by atoms with van der Waals surface area (Å²) in [7, 11) is 2.08. The van der Waals surface area contributed by atoms with Crippen molar-refractivity contribution >= 4 is 54.9 Å². The summed E-state index contributed by atoms with van der Waals surface area (Å²) >= 11 is 11.4. The maximum Gasteiger partial charge on any atom is 0.225 e. The number of aromatic nitrogens is 2. The Bertz CT molecular complexity index is 861. The van der Waals surface area contributed by atoms with E-state index in [9.17, 15) is 0 Å². The Kier molecular flexibility index (Phi) is 5.42. The molecule has 0 bridgehead atoms. The molecule has 3 nitrogen and oxygen atoms in total. The van der Waals surface area contributed by atoms with Crippen LogP contribution in [-0.4, -0.2) is 23.6 Å². The molecule has 0 saturated heterocycles. The lowest BCUT2D eigenvalue weighted by atomic mass is 10.0. The van der Waals surface area contributed by atoms with E-state index in [4.69, 9.17) is 11.6 Å². The minimum absolute atomic E-state index is 0.310. The molecule has 0 aliphatic heterocycles. The van der Waals surface area contributed by atoms with Crippen LogP contribution in [0.2, 0.25) is 5.28 Å². The number of fused-ring (bicyclic) bond motifs is 1. The average Bonchev–Trinajstić information content (AvgIpc) is 2.88. The first-order chi connectivity index (χ1) is 11.5. The van der Waals surface area contributed by atoms with Gasteiger partial charge >= 0.3 is 0 Å². The highest BCUT2D eigenvalue weighted by Crippen LogP contribution is 2.42. The van der Waals surface area contributed by atoms with Crippen LogP contribution < -0.4 is 4.90 Å². The summed E-state index contributed by atoms with van der Waals surface area (Å²) in [6, 6.07) is 8.39. The van der Waals surface area contributed by atoms with Gasteiger partial charge in [0.25, 0.3) is 0 Å². The standard InChI is InChI=1S/C18H19BrClN3S/c1-4-5-10-23(3)16-15-14(12-6-8-13(19)9-7-12)11(2)24-17(15)22-18(20)21-16/h6-9H,4-5,10H2,1-3H3. The van der Waals surface area contributed by atoms with Crippen molar-refractivity contribution in [1.29, 1.82) is 0 Å². The fourth-order valence-corrected chi connectivity index (χ4v) is 4.33. The van der Waals surface area contributed by atoms with E-state index in [1.165, 1.54) is 16.0 Å². The monoisotopic (exact) mass is 423 g/mol. The molecule has 0 saturated carbocycles. The Morgan fingerprint density at radius 3 is 2.58 bits per heavy atom. The molecule has 1 aromatic carbocycles. The maximum absolute atomic E-state index is 6.18. The van der Waals surface area contributed by atoms with E-state index >= 15 is 0 Å². The number of hydrogen-bond donors (Lipinski definition) is 0. The van der Waals surface area contributed by atoms with Crippen molar-refractivity contribution in [2.24, 2.45) is 0 Å². The maximum atomic E-state index is 6.18. The van der Waals surface area contributed by atoms with Gasteiger partial charge < -0.3 is 4.90 Å². The van der Waals surface area contributed by atoms with Gasteiger partial charge in [0, 0.05) is 28.5 Å². The molecule has 0 N–H and O–H groups in total. The van der Waals surface area contributed by atoms with E-state index in [0.717, 1.165) is 39.9 Å². The molecule has 0 radical (unpaired) electrons. The van der Waals surface area contributed by atoms with Gasteiger partial charge in [-0.05, 0) is 42.6 Å². The predicted molar refractivity (Wildman–Crippen MR) is 108 cm³/mol. The molecule has 3 rings (SSSR count). The molecule has 0 aliphatic carbocycles. The van der Waals surface area contributed by atoms with Gasteiger partial charge in [0.1, 0.15) is 10.6 Å². The second-order valence-electron chi connectivity index (χ2n) is 5.81. The summed E-state index contributed by atoms with van der Waals surface area (Å²) < 4.78 is 1.07. The second kappa shape index (κ2) is 7.38. The molecule has 6 heteroatoms. The minimum Gasteiger partial charge on any atom is -0.359 e. The van der Waals surface area contributed by atoms with E-state index in [-0.39, 0.29) is 0 Å².